The number of nitrogens with zero attached hydrogens (tertiary/aromatic N) is 1. The first-order chi connectivity index (χ1) is 9.31. The van der Waals surface area contributed by atoms with E-state index in [1.807, 2.05) is 7.05 Å². The van der Waals surface area contributed by atoms with Gasteiger partial charge in [0.1, 0.15) is 5.82 Å². The third-order valence-electron chi connectivity index (χ3n) is 4.03. The lowest BCUT2D eigenvalue weighted by molar-refractivity contribution is 0.453. The molecule has 98 valence electrons. The quantitative estimate of drug-likeness (QED) is 0.912. The van der Waals surface area contributed by atoms with Crippen LogP contribution in [0.4, 0.5) is 4.39 Å². The summed E-state index contributed by atoms with van der Waals surface area (Å²) in [6.07, 6.45) is 5.09. The molecule has 1 aliphatic rings. The van der Waals surface area contributed by atoms with E-state index in [0.717, 1.165) is 12.8 Å². The molecule has 0 radical (unpaired) electrons. The second kappa shape index (κ2) is 5.10. The molecule has 19 heavy (non-hydrogen) atoms. The minimum Gasteiger partial charge on any atom is -0.312 e. The topological polar surface area (TPSA) is 24.9 Å². The van der Waals surface area contributed by atoms with Crippen LogP contribution in [0.15, 0.2) is 42.7 Å². The van der Waals surface area contributed by atoms with Crippen LogP contribution in [0.1, 0.15) is 35.1 Å². The molecule has 1 aromatic heterocycles. The zero-order valence-electron chi connectivity index (χ0n) is 10.9. The Hall–Kier alpha value is -1.74. The van der Waals surface area contributed by atoms with E-state index in [1.54, 1.807) is 12.3 Å². The zero-order valence-corrected chi connectivity index (χ0v) is 10.9. The summed E-state index contributed by atoms with van der Waals surface area (Å²) in [5.74, 6) is 0.101. The molecular formula is C16H17FN2. The third kappa shape index (κ3) is 2.15. The molecule has 0 bridgehead atoms. The number of hydrogen-bond donors (Lipinski definition) is 1. The number of benzene rings is 1. The Balaban J connectivity index is 1.99. The number of fused-ring (bicyclic) bond motifs is 1. The maximum Gasteiger partial charge on any atom is 0.146 e. The predicted molar refractivity (Wildman–Crippen MR) is 73.5 cm³/mol. The lowest BCUT2D eigenvalue weighted by atomic mass is 9.88. The third-order valence-corrected chi connectivity index (χ3v) is 4.03. The zero-order chi connectivity index (χ0) is 13.2. The molecule has 0 fully saturated rings. The maximum absolute atomic E-state index is 14.0. The van der Waals surface area contributed by atoms with Crippen molar-refractivity contribution < 1.29 is 4.39 Å². The first-order valence-electron chi connectivity index (χ1n) is 6.65. The van der Waals surface area contributed by atoms with Crippen LogP contribution in [0.5, 0.6) is 0 Å². The molecule has 1 aliphatic carbocycles. The number of rotatable bonds is 3. The van der Waals surface area contributed by atoms with E-state index >= 15 is 0 Å². The Morgan fingerprint density at radius 1 is 1.32 bits per heavy atom. The van der Waals surface area contributed by atoms with Gasteiger partial charge in [-0.15, -0.1) is 0 Å². The fraction of sp³-hybridized carbons (Fsp3) is 0.312. The van der Waals surface area contributed by atoms with Crippen LogP contribution in [0, 0.1) is 5.82 Å². The van der Waals surface area contributed by atoms with Crippen molar-refractivity contribution in [3.8, 4) is 0 Å². The smallest absolute Gasteiger partial charge is 0.146 e. The van der Waals surface area contributed by atoms with Gasteiger partial charge in [0, 0.05) is 23.7 Å². The second-order valence-corrected chi connectivity index (χ2v) is 5.01. The van der Waals surface area contributed by atoms with Crippen LogP contribution in [0.3, 0.4) is 0 Å². The molecule has 2 nitrogen and oxygen atoms in total. The van der Waals surface area contributed by atoms with Crippen LogP contribution in [0.25, 0.3) is 0 Å². The van der Waals surface area contributed by atoms with E-state index in [-0.39, 0.29) is 11.9 Å². The normalized spacial score (nSPS) is 19.2. The molecule has 0 saturated carbocycles. The van der Waals surface area contributed by atoms with Crippen LogP contribution >= 0.6 is 0 Å². The van der Waals surface area contributed by atoms with Gasteiger partial charge in [0.25, 0.3) is 0 Å². The number of likely N-dealkylation sites (N-methyl/N-ethyl adjacent to an activating group) is 1. The van der Waals surface area contributed by atoms with Gasteiger partial charge in [-0.3, -0.25) is 4.98 Å². The van der Waals surface area contributed by atoms with E-state index in [2.05, 4.69) is 34.6 Å². The molecule has 1 heterocycles. The second-order valence-electron chi connectivity index (χ2n) is 5.01. The Kier molecular flexibility index (Phi) is 3.30. The summed E-state index contributed by atoms with van der Waals surface area (Å²) in [6, 6.07) is 10.3. The van der Waals surface area contributed by atoms with Gasteiger partial charge in [0.05, 0.1) is 6.20 Å². The molecule has 0 spiro atoms. The summed E-state index contributed by atoms with van der Waals surface area (Å²) in [5.41, 5.74) is 3.44. The van der Waals surface area contributed by atoms with Crippen LogP contribution in [-0.4, -0.2) is 12.0 Å². The standard InChI is InChI=1S/C16H17FN2/c1-18-16(14-8-9-19-10-15(14)17)13-7-6-11-4-2-3-5-12(11)13/h2-5,8-10,13,16,18H,6-7H2,1H3. The molecule has 2 aromatic rings. The lowest BCUT2D eigenvalue weighted by Gasteiger charge is -2.24. The van der Waals surface area contributed by atoms with E-state index < -0.39 is 0 Å². The van der Waals surface area contributed by atoms with Gasteiger partial charge >= 0.3 is 0 Å². The van der Waals surface area contributed by atoms with Crippen molar-refractivity contribution in [2.45, 2.75) is 24.8 Å². The Labute approximate surface area is 112 Å². The maximum atomic E-state index is 14.0. The van der Waals surface area contributed by atoms with E-state index in [1.165, 1.54) is 17.3 Å². The molecule has 0 aliphatic heterocycles. The molecule has 2 atom stereocenters. The van der Waals surface area contributed by atoms with Gasteiger partial charge in [0.2, 0.25) is 0 Å². The van der Waals surface area contributed by atoms with Gasteiger partial charge in [0.15, 0.2) is 0 Å². The van der Waals surface area contributed by atoms with E-state index in [4.69, 9.17) is 0 Å². The SMILES string of the molecule is CNC(c1ccncc1F)C1CCc2ccccc21. The summed E-state index contributed by atoms with van der Waals surface area (Å²) in [7, 11) is 1.89. The number of nitrogens with one attached hydrogen (secondary N) is 1. The molecular weight excluding hydrogens is 239 g/mol. The van der Waals surface area contributed by atoms with Gasteiger partial charge in [-0.1, -0.05) is 24.3 Å². The summed E-state index contributed by atoms with van der Waals surface area (Å²) in [6.45, 7) is 0. The van der Waals surface area contributed by atoms with Crippen molar-refractivity contribution in [3.63, 3.8) is 0 Å². The number of aromatic nitrogens is 1. The van der Waals surface area contributed by atoms with Crippen molar-refractivity contribution in [3.05, 3.63) is 65.2 Å². The first kappa shape index (κ1) is 12.3. The van der Waals surface area contributed by atoms with Crippen LogP contribution in [-0.2, 0) is 6.42 Å². The van der Waals surface area contributed by atoms with Gasteiger partial charge < -0.3 is 5.32 Å². The summed E-state index contributed by atoms with van der Waals surface area (Å²) >= 11 is 0. The highest BCUT2D eigenvalue weighted by molar-refractivity contribution is 5.38. The highest BCUT2D eigenvalue weighted by Crippen LogP contribution is 2.41. The minimum atomic E-state index is -0.230. The molecule has 1 N–H and O–H groups in total. The van der Waals surface area contributed by atoms with Gasteiger partial charge in [-0.2, -0.15) is 0 Å². The largest absolute Gasteiger partial charge is 0.312 e. The Bertz CT molecular complexity index is 582. The molecule has 2 unspecified atom stereocenters. The van der Waals surface area contributed by atoms with Crippen molar-refractivity contribution in [2.75, 3.05) is 7.05 Å². The van der Waals surface area contributed by atoms with Crippen LogP contribution < -0.4 is 5.32 Å². The molecule has 3 heteroatoms. The summed E-state index contributed by atoms with van der Waals surface area (Å²) < 4.78 is 14.0. The van der Waals surface area contributed by atoms with Gasteiger partial charge in [-0.05, 0) is 37.1 Å². The van der Waals surface area contributed by atoms with Crippen molar-refractivity contribution in [2.24, 2.45) is 0 Å². The highest BCUT2D eigenvalue weighted by atomic mass is 19.1. The summed E-state index contributed by atoms with van der Waals surface area (Å²) in [5, 5.41) is 3.27. The van der Waals surface area contributed by atoms with Crippen LogP contribution in [0.2, 0.25) is 0 Å². The average molecular weight is 256 g/mol. The molecule has 0 saturated heterocycles. The fourth-order valence-corrected chi connectivity index (χ4v) is 3.15. The van der Waals surface area contributed by atoms with Crippen molar-refractivity contribution >= 4 is 0 Å². The fourth-order valence-electron chi connectivity index (χ4n) is 3.15. The molecule has 0 amide bonds. The highest BCUT2D eigenvalue weighted by Gasteiger charge is 2.30. The van der Waals surface area contributed by atoms with E-state index in [9.17, 15) is 4.39 Å². The number of aryl methyl sites for hydroxylation is 1. The van der Waals surface area contributed by atoms with Gasteiger partial charge in [-0.25, -0.2) is 4.39 Å². The molecule has 1 aromatic carbocycles. The van der Waals surface area contributed by atoms with Crippen molar-refractivity contribution in [1.82, 2.24) is 10.3 Å². The Morgan fingerprint density at radius 2 is 2.16 bits per heavy atom. The van der Waals surface area contributed by atoms with E-state index in [0.29, 0.717) is 11.5 Å². The Morgan fingerprint density at radius 3 is 2.95 bits per heavy atom. The minimum absolute atomic E-state index is 0.00616. The number of hydrogen-bond acceptors (Lipinski definition) is 2. The predicted octanol–water partition coefficient (Wildman–Crippen LogP) is 3.21. The number of pyridine rings is 1. The molecule has 3 rings (SSSR count). The first-order valence-corrected chi connectivity index (χ1v) is 6.65. The summed E-state index contributed by atoms with van der Waals surface area (Å²) in [4.78, 5) is 3.83. The average Bonchev–Trinajstić information content (AvgIpc) is 2.86. The monoisotopic (exact) mass is 256 g/mol. The lowest BCUT2D eigenvalue weighted by Crippen LogP contribution is -2.23. The van der Waals surface area contributed by atoms with Crippen molar-refractivity contribution in [1.29, 1.82) is 0 Å². The number of halogens is 1.